The van der Waals surface area contributed by atoms with Crippen LogP contribution in [-0.2, 0) is 10.5 Å². The number of thiophene rings is 1. The predicted molar refractivity (Wildman–Crippen MR) is 82.5 cm³/mol. The molecule has 0 bridgehead atoms. The average molecular weight is 306 g/mol. The van der Waals surface area contributed by atoms with Gasteiger partial charge in [-0.25, -0.2) is 0 Å². The van der Waals surface area contributed by atoms with E-state index < -0.39 is 0 Å². The molecular formula is C14H14N2O2S2. The van der Waals surface area contributed by atoms with Gasteiger partial charge >= 0.3 is 0 Å². The minimum Gasteiger partial charge on any atom is -0.272 e. The summed E-state index contributed by atoms with van der Waals surface area (Å²) in [6, 6.07) is 12.8. The van der Waals surface area contributed by atoms with E-state index in [1.165, 1.54) is 16.6 Å². The van der Waals surface area contributed by atoms with Gasteiger partial charge in [-0.1, -0.05) is 24.3 Å². The summed E-state index contributed by atoms with van der Waals surface area (Å²) in [5.74, 6) is 0.586. The first-order valence-corrected chi connectivity index (χ1v) is 8.03. The molecule has 1 aromatic carbocycles. The normalized spacial score (nSPS) is 10.0. The Morgan fingerprint density at radius 2 is 1.85 bits per heavy atom. The summed E-state index contributed by atoms with van der Waals surface area (Å²) >= 11 is 3.18. The first-order valence-electron chi connectivity index (χ1n) is 6.00. The van der Waals surface area contributed by atoms with Gasteiger partial charge in [0.15, 0.2) is 0 Å². The minimum atomic E-state index is -0.317. The second-order valence-electron chi connectivity index (χ2n) is 3.94. The molecule has 2 aromatic rings. The standard InChI is InChI=1S/C14H14N2O2S2/c17-13(10-19-9-12-7-4-8-20-12)15-16-14(18)11-5-2-1-3-6-11/h1-8H,9-10H2,(H,15,17)(H,16,18). The van der Waals surface area contributed by atoms with Crippen LogP contribution < -0.4 is 10.9 Å². The van der Waals surface area contributed by atoms with E-state index in [-0.39, 0.29) is 11.8 Å². The van der Waals surface area contributed by atoms with E-state index in [0.29, 0.717) is 11.3 Å². The Morgan fingerprint density at radius 3 is 2.55 bits per heavy atom. The van der Waals surface area contributed by atoms with Crippen molar-refractivity contribution in [3.8, 4) is 0 Å². The van der Waals surface area contributed by atoms with E-state index in [1.807, 2.05) is 23.6 Å². The highest BCUT2D eigenvalue weighted by Gasteiger charge is 2.06. The Kier molecular flexibility index (Phi) is 5.64. The van der Waals surface area contributed by atoms with Gasteiger partial charge in [0.25, 0.3) is 5.91 Å². The summed E-state index contributed by atoms with van der Waals surface area (Å²) in [7, 11) is 0. The zero-order valence-corrected chi connectivity index (χ0v) is 12.3. The maximum Gasteiger partial charge on any atom is 0.269 e. The molecule has 2 rings (SSSR count). The van der Waals surface area contributed by atoms with E-state index in [9.17, 15) is 9.59 Å². The SMILES string of the molecule is O=C(CSCc1cccs1)NNC(=O)c1ccccc1. The number of benzene rings is 1. The third-order valence-electron chi connectivity index (χ3n) is 2.41. The summed E-state index contributed by atoms with van der Waals surface area (Å²) in [5.41, 5.74) is 5.31. The topological polar surface area (TPSA) is 58.2 Å². The first kappa shape index (κ1) is 14.6. The lowest BCUT2D eigenvalue weighted by atomic mass is 10.2. The second-order valence-corrected chi connectivity index (χ2v) is 5.96. The molecular weight excluding hydrogens is 292 g/mol. The Hall–Kier alpha value is -1.79. The molecule has 1 heterocycles. The van der Waals surface area contributed by atoms with Crippen LogP contribution in [0.25, 0.3) is 0 Å². The van der Waals surface area contributed by atoms with Gasteiger partial charge in [0.2, 0.25) is 5.91 Å². The average Bonchev–Trinajstić information content (AvgIpc) is 2.99. The Labute approximate surface area is 125 Å². The molecule has 0 aliphatic heterocycles. The molecule has 0 saturated carbocycles. The van der Waals surface area contributed by atoms with Gasteiger partial charge in [-0.2, -0.15) is 0 Å². The molecule has 4 nitrogen and oxygen atoms in total. The van der Waals surface area contributed by atoms with E-state index in [0.717, 1.165) is 5.75 Å². The number of thioether (sulfide) groups is 1. The lowest BCUT2D eigenvalue weighted by molar-refractivity contribution is -0.119. The van der Waals surface area contributed by atoms with E-state index in [1.54, 1.807) is 35.6 Å². The predicted octanol–water partition coefficient (Wildman–Crippen LogP) is 2.44. The van der Waals surface area contributed by atoms with Crippen LogP contribution in [0.3, 0.4) is 0 Å². The lowest BCUT2D eigenvalue weighted by Crippen LogP contribution is -2.42. The number of amides is 2. The molecule has 0 spiro atoms. The van der Waals surface area contributed by atoms with Crippen LogP contribution in [0.15, 0.2) is 47.8 Å². The van der Waals surface area contributed by atoms with Crippen LogP contribution in [-0.4, -0.2) is 17.6 Å². The van der Waals surface area contributed by atoms with Crippen molar-refractivity contribution in [2.75, 3.05) is 5.75 Å². The van der Waals surface area contributed by atoms with Crippen molar-refractivity contribution in [2.45, 2.75) is 5.75 Å². The molecule has 0 unspecified atom stereocenters. The highest BCUT2D eigenvalue weighted by atomic mass is 32.2. The quantitative estimate of drug-likeness (QED) is 0.834. The van der Waals surface area contributed by atoms with Crippen LogP contribution in [0.4, 0.5) is 0 Å². The maximum absolute atomic E-state index is 11.7. The van der Waals surface area contributed by atoms with Crippen molar-refractivity contribution in [1.29, 1.82) is 0 Å². The van der Waals surface area contributed by atoms with Crippen molar-refractivity contribution in [3.05, 3.63) is 58.3 Å². The van der Waals surface area contributed by atoms with Crippen molar-refractivity contribution >= 4 is 34.9 Å². The van der Waals surface area contributed by atoms with E-state index in [4.69, 9.17) is 0 Å². The summed E-state index contributed by atoms with van der Waals surface area (Å²) < 4.78 is 0. The van der Waals surface area contributed by atoms with Crippen molar-refractivity contribution in [3.63, 3.8) is 0 Å². The third kappa shape index (κ3) is 4.71. The molecule has 0 fully saturated rings. The van der Waals surface area contributed by atoms with Gasteiger partial charge in [0.1, 0.15) is 0 Å². The van der Waals surface area contributed by atoms with Crippen molar-refractivity contribution in [1.82, 2.24) is 10.9 Å². The molecule has 6 heteroatoms. The Morgan fingerprint density at radius 1 is 1.05 bits per heavy atom. The lowest BCUT2D eigenvalue weighted by Gasteiger charge is -2.06. The van der Waals surface area contributed by atoms with Crippen LogP contribution in [0.1, 0.15) is 15.2 Å². The highest BCUT2D eigenvalue weighted by molar-refractivity contribution is 7.99. The molecule has 0 aliphatic carbocycles. The number of hydrogen-bond donors (Lipinski definition) is 2. The molecule has 1 aromatic heterocycles. The summed E-state index contributed by atoms with van der Waals surface area (Å²) in [6.45, 7) is 0. The Balaban J connectivity index is 1.66. The monoisotopic (exact) mass is 306 g/mol. The number of carbonyl (C=O) groups is 2. The molecule has 20 heavy (non-hydrogen) atoms. The summed E-state index contributed by atoms with van der Waals surface area (Å²) in [5, 5.41) is 2.01. The van der Waals surface area contributed by atoms with Gasteiger partial charge in [0, 0.05) is 16.2 Å². The molecule has 104 valence electrons. The van der Waals surface area contributed by atoms with Gasteiger partial charge in [-0.3, -0.25) is 20.4 Å². The van der Waals surface area contributed by atoms with Crippen molar-refractivity contribution in [2.24, 2.45) is 0 Å². The zero-order valence-electron chi connectivity index (χ0n) is 10.7. The van der Waals surface area contributed by atoms with Crippen LogP contribution >= 0.6 is 23.1 Å². The van der Waals surface area contributed by atoms with E-state index >= 15 is 0 Å². The summed E-state index contributed by atoms with van der Waals surface area (Å²) in [6.07, 6.45) is 0. The molecule has 0 atom stereocenters. The van der Waals surface area contributed by atoms with Gasteiger partial charge < -0.3 is 0 Å². The Bertz CT molecular complexity index is 556. The molecule has 0 aliphatic rings. The van der Waals surface area contributed by atoms with Gasteiger partial charge in [-0.05, 0) is 23.6 Å². The molecule has 0 saturated heterocycles. The first-order chi connectivity index (χ1) is 9.75. The van der Waals surface area contributed by atoms with Crippen LogP contribution in [0.2, 0.25) is 0 Å². The summed E-state index contributed by atoms with van der Waals surface area (Å²) in [4.78, 5) is 24.5. The molecule has 0 radical (unpaired) electrons. The van der Waals surface area contributed by atoms with Gasteiger partial charge in [-0.15, -0.1) is 23.1 Å². The minimum absolute atomic E-state index is 0.212. The largest absolute Gasteiger partial charge is 0.272 e. The number of carbonyl (C=O) groups excluding carboxylic acids is 2. The zero-order chi connectivity index (χ0) is 14.2. The van der Waals surface area contributed by atoms with Gasteiger partial charge in [0.05, 0.1) is 5.75 Å². The number of hydrogen-bond acceptors (Lipinski definition) is 4. The second kappa shape index (κ2) is 7.72. The molecule has 2 N–H and O–H groups in total. The van der Waals surface area contributed by atoms with Crippen LogP contribution in [0.5, 0.6) is 0 Å². The maximum atomic E-state index is 11.7. The molecule has 2 amide bonds. The fraction of sp³-hybridized carbons (Fsp3) is 0.143. The third-order valence-corrected chi connectivity index (χ3v) is 4.45. The fourth-order valence-electron chi connectivity index (χ4n) is 1.46. The fourth-order valence-corrected chi connectivity index (χ4v) is 3.13. The highest BCUT2D eigenvalue weighted by Crippen LogP contribution is 2.16. The number of rotatable bonds is 5. The number of hydrazine groups is 1. The van der Waals surface area contributed by atoms with E-state index in [2.05, 4.69) is 10.9 Å². The smallest absolute Gasteiger partial charge is 0.269 e. The number of nitrogens with one attached hydrogen (secondary N) is 2. The van der Waals surface area contributed by atoms with Crippen molar-refractivity contribution < 1.29 is 9.59 Å². The van der Waals surface area contributed by atoms with Crippen LogP contribution in [0, 0.1) is 0 Å².